The van der Waals surface area contributed by atoms with Crippen molar-refractivity contribution in [3.05, 3.63) is 42.3 Å². The summed E-state index contributed by atoms with van der Waals surface area (Å²) in [5.41, 5.74) is 0. The number of benzene rings is 1. The average Bonchev–Trinajstić information content (AvgIpc) is 2.26. The van der Waals surface area contributed by atoms with Gasteiger partial charge in [0.25, 0.3) is 0 Å². The maximum atomic E-state index is 7.56. The van der Waals surface area contributed by atoms with Crippen molar-refractivity contribution in [3.8, 4) is 0 Å². The molecule has 0 aromatic heterocycles. The van der Waals surface area contributed by atoms with Crippen molar-refractivity contribution in [2.75, 3.05) is 0 Å². The first-order valence-electron chi connectivity index (χ1n) is 5.78. The summed E-state index contributed by atoms with van der Waals surface area (Å²) in [6.07, 6.45) is 0. The van der Waals surface area contributed by atoms with E-state index in [1.807, 2.05) is 0 Å². The maximum absolute atomic E-state index is 7.56. The SMILES string of the molecule is C=C[SH](c1ccccc1)C(C)C.OP(O)(O)=S.OP(O)(O)=S. The van der Waals surface area contributed by atoms with Crippen LogP contribution in [-0.4, -0.2) is 34.6 Å². The van der Waals surface area contributed by atoms with E-state index in [1.54, 1.807) is 0 Å². The van der Waals surface area contributed by atoms with E-state index in [0.717, 1.165) is 0 Å². The zero-order valence-corrected chi connectivity index (χ0v) is 16.4. The predicted molar refractivity (Wildman–Crippen MR) is 101 cm³/mol. The Hall–Kier alpha value is 0.370. The second-order valence-electron chi connectivity index (χ2n) is 4.05. The standard InChI is InChI=1S/C11H16S.2H3O3PS/c1-4-12(10(2)3)11-8-6-5-7-9-11;2*1-4(2,3)5/h4-10,12H,1H2,2-3H3;2*(H3,1,2,3,5). The molecule has 130 valence electrons. The van der Waals surface area contributed by atoms with Crippen LogP contribution in [-0.2, 0) is 23.6 Å². The van der Waals surface area contributed by atoms with Crippen LogP contribution in [0.25, 0.3) is 0 Å². The predicted octanol–water partition coefficient (Wildman–Crippen LogP) is 1.97. The van der Waals surface area contributed by atoms with Gasteiger partial charge >= 0.3 is 13.4 Å². The van der Waals surface area contributed by atoms with Crippen LogP contribution in [0.15, 0.2) is 47.2 Å². The Morgan fingerprint density at radius 3 is 1.50 bits per heavy atom. The van der Waals surface area contributed by atoms with Gasteiger partial charge in [0, 0.05) is 0 Å². The second kappa shape index (κ2) is 11.8. The van der Waals surface area contributed by atoms with E-state index in [0.29, 0.717) is 5.25 Å². The van der Waals surface area contributed by atoms with E-state index in [1.165, 1.54) is 4.90 Å². The minimum atomic E-state index is -3.81. The van der Waals surface area contributed by atoms with Crippen molar-refractivity contribution in [1.82, 2.24) is 0 Å². The molecular weight excluding hydrogens is 386 g/mol. The molecule has 0 amide bonds. The molecule has 0 heterocycles. The lowest BCUT2D eigenvalue weighted by Gasteiger charge is -2.21. The van der Waals surface area contributed by atoms with Crippen LogP contribution < -0.4 is 0 Å². The molecule has 11 heteroatoms. The van der Waals surface area contributed by atoms with Gasteiger partial charge in [-0.2, -0.15) is 0 Å². The first-order valence-corrected chi connectivity index (χ1v) is 12.6. The highest BCUT2D eigenvalue weighted by Gasteiger charge is 2.05. The van der Waals surface area contributed by atoms with Gasteiger partial charge in [-0.05, 0) is 33.8 Å². The van der Waals surface area contributed by atoms with E-state index >= 15 is 0 Å². The minimum absolute atomic E-state index is 0.149. The zero-order chi connectivity index (χ0) is 18.0. The smallest absolute Gasteiger partial charge is 0.319 e. The molecular formula is C11H22O6P2S3. The van der Waals surface area contributed by atoms with Crippen LogP contribution in [0, 0.1) is 0 Å². The Labute approximate surface area is 143 Å². The molecule has 6 N–H and O–H groups in total. The molecule has 1 unspecified atom stereocenters. The summed E-state index contributed by atoms with van der Waals surface area (Å²) >= 11 is 7.21. The summed E-state index contributed by atoms with van der Waals surface area (Å²) in [6, 6.07) is 10.6. The Morgan fingerprint density at radius 1 is 0.955 bits per heavy atom. The average molecular weight is 408 g/mol. The monoisotopic (exact) mass is 408 g/mol. The molecule has 0 spiro atoms. The first kappa shape index (κ1) is 24.6. The van der Waals surface area contributed by atoms with Gasteiger partial charge in [-0.15, -0.1) is 0 Å². The molecule has 0 radical (unpaired) electrons. The van der Waals surface area contributed by atoms with Gasteiger partial charge in [0.2, 0.25) is 0 Å². The Morgan fingerprint density at radius 2 is 1.27 bits per heavy atom. The highest BCUT2D eigenvalue weighted by Crippen LogP contribution is 2.40. The van der Waals surface area contributed by atoms with Crippen LogP contribution >= 0.6 is 24.3 Å². The molecule has 1 aromatic carbocycles. The van der Waals surface area contributed by atoms with Gasteiger partial charge in [0.15, 0.2) is 0 Å². The van der Waals surface area contributed by atoms with Crippen molar-refractivity contribution >= 4 is 47.9 Å². The Kier molecular flexibility index (Phi) is 13.2. The third-order valence-electron chi connectivity index (χ3n) is 1.81. The number of thiol groups is 1. The first-order chi connectivity index (χ1) is 9.75. The minimum Gasteiger partial charge on any atom is -0.325 e. The number of hydrogen-bond donors (Lipinski definition) is 7. The van der Waals surface area contributed by atoms with Crippen molar-refractivity contribution in [3.63, 3.8) is 0 Å². The third kappa shape index (κ3) is 22.6. The van der Waals surface area contributed by atoms with Crippen LogP contribution in [0.2, 0.25) is 0 Å². The molecule has 1 atom stereocenters. The summed E-state index contributed by atoms with van der Waals surface area (Å²) in [4.78, 5) is 46.8. The van der Waals surface area contributed by atoms with Crippen LogP contribution in [0.3, 0.4) is 0 Å². The van der Waals surface area contributed by atoms with Crippen molar-refractivity contribution in [2.45, 2.75) is 24.0 Å². The highest BCUT2D eigenvalue weighted by atomic mass is 32.5. The molecule has 1 aromatic rings. The van der Waals surface area contributed by atoms with E-state index in [9.17, 15) is 0 Å². The molecule has 0 bridgehead atoms. The molecule has 0 aliphatic carbocycles. The lowest BCUT2D eigenvalue weighted by atomic mass is 10.4. The summed E-state index contributed by atoms with van der Waals surface area (Å²) < 4.78 is 0. The molecule has 0 fully saturated rings. The lowest BCUT2D eigenvalue weighted by molar-refractivity contribution is 0.361. The van der Waals surface area contributed by atoms with Crippen LogP contribution in [0.4, 0.5) is 0 Å². The van der Waals surface area contributed by atoms with Gasteiger partial charge in [0.05, 0.1) is 0 Å². The Bertz CT molecular complexity index is 477. The largest absolute Gasteiger partial charge is 0.325 e. The highest BCUT2D eigenvalue weighted by molar-refractivity contribution is 8.20. The quantitative estimate of drug-likeness (QED) is 0.299. The molecule has 1 rings (SSSR count). The fraction of sp³-hybridized carbons (Fsp3) is 0.273. The second-order valence-corrected chi connectivity index (χ2v) is 11.8. The summed E-state index contributed by atoms with van der Waals surface area (Å²) in [6.45, 7) is 0.777. The summed E-state index contributed by atoms with van der Waals surface area (Å²) in [5.74, 6) is 0. The number of hydrogen-bond acceptors (Lipinski definition) is 2. The van der Waals surface area contributed by atoms with Crippen LogP contribution in [0.1, 0.15) is 13.8 Å². The van der Waals surface area contributed by atoms with Gasteiger partial charge in [-0.3, -0.25) is 0 Å². The number of rotatable bonds is 3. The van der Waals surface area contributed by atoms with Crippen LogP contribution in [0.5, 0.6) is 0 Å². The molecule has 0 aliphatic heterocycles. The molecule has 22 heavy (non-hydrogen) atoms. The van der Waals surface area contributed by atoms with Gasteiger partial charge in [0.1, 0.15) is 0 Å². The fourth-order valence-electron chi connectivity index (χ4n) is 1.21. The normalized spacial score (nSPS) is 13.2. The van der Waals surface area contributed by atoms with Crippen molar-refractivity contribution in [1.29, 1.82) is 0 Å². The molecule has 6 nitrogen and oxygen atoms in total. The summed E-state index contributed by atoms with van der Waals surface area (Å²) in [7, 11) is -0.149. The third-order valence-corrected chi connectivity index (χ3v) is 4.21. The van der Waals surface area contributed by atoms with Gasteiger partial charge in [-0.25, -0.2) is 10.9 Å². The molecule has 0 saturated heterocycles. The Balaban J connectivity index is 0. The van der Waals surface area contributed by atoms with Crippen molar-refractivity contribution < 1.29 is 29.4 Å². The molecule has 0 saturated carbocycles. The molecule has 0 aliphatic rings. The topological polar surface area (TPSA) is 121 Å². The van der Waals surface area contributed by atoms with E-state index in [2.05, 4.69) is 79.8 Å². The fourth-order valence-corrected chi connectivity index (χ4v) is 2.96. The van der Waals surface area contributed by atoms with Gasteiger partial charge in [-0.1, -0.05) is 56.2 Å². The summed E-state index contributed by atoms with van der Waals surface area (Å²) in [5, 5.41) is 2.79. The van der Waals surface area contributed by atoms with Gasteiger partial charge < -0.3 is 29.4 Å². The van der Waals surface area contributed by atoms with E-state index < -0.39 is 13.4 Å². The van der Waals surface area contributed by atoms with E-state index in [4.69, 9.17) is 29.4 Å². The van der Waals surface area contributed by atoms with Crippen molar-refractivity contribution in [2.24, 2.45) is 0 Å². The zero-order valence-electron chi connectivity index (χ0n) is 12.1. The lowest BCUT2D eigenvalue weighted by Crippen LogP contribution is -1.94. The van der Waals surface area contributed by atoms with E-state index in [-0.39, 0.29) is 10.9 Å². The maximum Gasteiger partial charge on any atom is 0.319 e.